The number of benzene rings is 2. The molecule has 6 heteroatoms. The van der Waals surface area contributed by atoms with Gasteiger partial charge in [-0.1, -0.05) is 6.07 Å². The normalized spacial score (nSPS) is 9.80. The number of carbonyl (C=O) groups is 1. The van der Waals surface area contributed by atoms with E-state index in [4.69, 9.17) is 16.1 Å². The standard InChI is InChI=1S/C14H10BrN3O2/c15-10-6-8(7-16)4-5-11(10)18-12-3-1-2-9(13(12)17)14(19)20/h1-6,18H,17H2,(H,19,20). The summed E-state index contributed by atoms with van der Waals surface area (Å²) in [7, 11) is 0. The molecule has 0 amide bonds. The Hall–Kier alpha value is -2.52. The van der Waals surface area contributed by atoms with Crippen LogP contribution in [0.25, 0.3) is 0 Å². The first-order chi connectivity index (χ1) is 9.52. The highest BCUT2D eigenvalue weighted by molar-refractivity contribution is 9.10. The van der Waals surface area contributed by atoms with E-state index < -0.39 is 5.97 Å². The van der Waals surface area contributed by atoms with Gasteiger partial charge < -0.3 is 16.2 Å². The zero-order valence-electron chi connectivity index (χ0n) is 10.2. The van der Waals surface area contributed by atoms with E-state index in [2.05, 4.69) is 21.2 Å². The molecule has 5 nitrogen and oxygen atoms in total. The number of hydrogen-bond acceptors (Lipinski definition) is 4. The molecule has 0 saturated carbocycles. The Kier molecular flexibility index (Phi) is 3.91. The molecule has 0 aliphatic carbocycles. The monoisotopic (exact) mass is 331 g/mol. The smallest absolute Gasteiger partial charge is 0.337 e. The van der Waals surface area contributed by atoms with E-state index in [1.54, 1.807) is 30.3 Å². The van der Waals surface area contributed by atoms with Crippen LogP contribution in [0.3, 0.4) is 0 Å². The summed E-state index contributed by atoms with van der Waals surface area (Å²) in [6.07, 6.45) is 0. The first kappa shape index (κ1) is 13.9. The van der Waals surface area contributed by atoms with E-state index in [1.807, 2.05) is 6.07 Å². The van der Waals surface area contributed by atoms with Crippen molar-refractivity contribution < 1.29 is 9.90 Å². The van der Waals surface area contributed by atoms with Gasteiger partial charge in [0.25, 0.3) is 0 Å². The minimum atomic E-state index is -1.08. The summed E-state index contributed by atoms with van der Waals surface area (Å²) in [5, 5.41) is 20.9. The van der Waals surface area contributed by atoms with Gasteiger partial charge in [-0.05, 0) is 46.3 Å². The molecule has 0 aliphatic rings. The molecule has 0 saturated heterocycles. The molecule has 0 fully saturated rings. The van der Waals surface area contributed by atoms with E-state index in [0.29, 0.717) is 21.4 Å². The topological polar surface area (TPSA) is 99.1 Å². The molecule has 0 heterocycles. The number of hydrogen-bond donors (Lipinski definition) is 3. The maximum atomic E-state index is 11.0. The SMILES string of the molecule is N#Cc1ccc(Nc2cccc(C(=O)O)c2N)c(Br)c1. The summed E-state index contributed by atoms with van der Waals surface area (Å²) in [5.41, 5.74) is 7.74. The van der Waals surface area contributed by atoms with Crippen LogP contribution in [0.4, 0.5) is 17.1 Å². The molecule has 0 spiro atoms. The van der Waals surface area contributed by atoms with Gasteiger partial charge in [-0.25, -0.2) is 4.79 Å². The fourth-order valence-corrected chi connectivity index (χ4v) is 2.17. The summed E-state index contributed by atoms with van der Waals surface area (Å²) < 4.78 is 0.691. The fraction of sp³-hybridized carbons (Fsp3) is 0. The van der Waals surface area contributed by atoms with Gasteiger partial charge in [0.05, 0.1) is 34.3 Å². The number of anilines is 3. The molecular weight excluding hydrogens is 322 g/mol. The lowest BCUT2D eigenvalue weighted by molar-refractivity contribution is 0.0698. The molecule has 0 bridgehead atoms. The molecular formula is C14H10BrN3O2. The molecule has 100 valence electrons. The van der Waals surface area contributed by atoms with Crippen LogP contribution in [0, 0.1) is 11.3 Å². The van der Waals surface area contributed by atoms with Crippen LogP contribution in [0.15, 0.2) is 40.9 Å². The molecule has 0 radical (unpaired) electrons. The second-order valence-corrected chi connectivity index (χ2v) is 4.86. The molecule has 0 aromatic heterocycles. The summed E-state index contributed by atoms with van der Waals surface area (Å²) in [5.74, 6) is -1.08. The summed E-state index contributed by atoms with van der Waals surface area (Å²) in [4.78, 5) is 11.0. The first-order valence-electron chi connectivity index (χ1n) is 5.61. The number of nitrogens with zero attached hydrogens (tertiary/aromatic N) is 1. The number of nitriles is 1. The van der Waals surface area contributed by atoms with E-state index in [0.717, 1.165) is 0 Å². The Morgan fingerprint density at radius 2 is 2.05 bits per heavy atom. The first-order valence-corrected chi connectivity index (χ1v) is 6.40. The van der Waals surface area contributed by atoms with Gasteiger partial charge in [0.15, 0.2) is 0 Å². The highest BCUT2D eigenvalue weighted by Crippen LogP contribution is 2.30. The van der Waals surface area contributed by atoms with E-state index >= 15 is 0 Å². The van der Waals surface area contributed by atoms with Crippen molar-refractivity contribution in [3.8, 4) is 6.07 Å². The molecule has 0 unspecified atom stereocenters. The van der Waals surface area contributed by atoms with Gasteiger partial charge in [-0.15, -0.1) is 0 Å². The van der Waals surface area contributed by atoms with Crippen molar-refractivity contribution in [3.63, 3.8) is 0 Å². The van der Waals surface area contributed by atoms with Crippen molar-refractivity contribution in [2.45, 2.75) is 0 Å². The zero-order chi connectivity index (χ0) is 14.7. The van der Waals surface area contributed by atoms with Gasteiger partial charge in [0.2, 0.25) is 0 Å². The van der Waals surface area contributed by atoms with Crippen LogP contribution in [-0.4, -0.2) is 11.1 Å². The average molecular weight is 332 g/mol. The van der Waals surface area contributed by atoms with Crippen molar-refractivity contribution in [1.29, 1.82) is 5.26 Å². The number of carboxylic acid groups (broad SMARTS) is 1. The van der Waals surface area contributed by atoms with Gasteiger partial charge in [0, 0.05) is 4.47 Å². The Bertz CT molecular complexity index is 723. The maximum Gasteiger partial charge on any atom is 0.337 e. The van der Waals surface area contributed by atoms with Gasteiger partial charge in [-0.2, -0.15) is 5.26 Å². The molecule has 2 rings (SSSR count). The van der Waals surface area contributed by atoms with Crippen molar-refractivity contribution in [2.24, 2.45) is 0 Å². The third-order valence-corrected chi connectivity index (χ3v) is 3.36. The Labute approximate surface area is 123 Å². The van der Waals surface area contributed by atoms with Crippen molar-refractivity contribution in [3.05, 3.63) is 52.0 Å². The lowest BCUT2D eigenvalue weighted by Crippen LogP contribution is -2.05. The summed E-state index contributed by atoms with van der Waals surface area (Å²) in [6, 6.07) is 11.8. The van der Waals surface area contributed by atoms with Crippen LogP contribution in [-0.2, 0) is 0 Å². The summed E-state index contributed by atoms with van der Waals surface area (Å²) in [6.45, 7) is 0. The Balaban J connectivity index is 2.38. The molecule has 2 aromatic carbocycles. The van der Waals surface area contributed by atoms with Crippen molar-refractivity contribution in [1.82, 2.24) is 0 Å². The number of para-hydroxylation sites is 1. The van der Waals surface area contributed by atoms with Crippen LogP contribution in [0.5, 0.6) is 0 Å². The molecule has 4 N–H and O–H groups in total. The number of aromatic carboxylic acids is 1. The van der Waals surface area contributed by atoms with Crippen molar-refractivity contribution >= 4 is 39.0 Å². The number of rotatable bonds is 3. The minimum Gasteiger partial charge on any atom is -0.478 e. The van der Waals surface area contributed by atoms with Crippen molar-refractivity contribution in [2.75, 3.05) is 11.1 Å². The number of halogens is 1. The second-order valence-electron chi connectivity index (χ2n) is 4.00. The number of nitrogens with one attached hydrogen (secondary N) is 1. The largest absolute Gasteiger partial charge is 0.478 e. The minimum absolute atomic E-state index is 0.0415. The Morgan fingerprint density at radius 1 is 1.30 bits per heavy atom. The fourth-order valence-electron chi connectivity index (χ4n) is 1.69. The lowest BCUT2D eigenvalue weighted by Gasteiger charge is -2.12. The highest BCUT2D eigenvalue weighted by Gasteiger charge is 2.12. The maximum absolute atomic E-state index is 11.0. The van der Waals surface area contributed by atoms with Crippen LogP contribution in [0.1, 0.15) is 15.9 Å². The average Bonchev–Trinajstić information content (AvgIpc) is 2.42. The van der Waals surface area contributed by atoms with Crippen LogP contribution < -0.4 is 11.1 Å². The summed E-state index contributed by atoms with van der Waals surface area (Å²) >= 11 is 3.35. The van der Waals surface area contributed by atoms with E-state index in [9.17, 15) is 4.79 Å². The predicted octanol–water partition coefficient (Wildman–Crippen LogP) is 3.34. The van der Waals surface area contributed by atoms with E-state index in [1.165, 1.54) is 6.07 Å². The zero-order valence-corrected chi connectivity index (χ0v) is 11.8. The number of carboxylic acids is 1. The molecule has 20 heavy (non-hydrogen) atoms. The van der Waals surface area contributed by atoms with Gasteiger partial charge >= 0.3 is 5.97 Å². The van der Waals surface area contributed by atoms with Gasteiger partial charge in [0.1, 0.15) is 0 Å². The number of nitrogen functional groups attached to an aromatic ring is 1. The highest BCUT2D eigenvalue weighted by atomic mass is 79.9. The second kappa shape index (κ2) is 5.63. The molecule has 0 atom stereocenters. The van der Waals surface area contributed by atoms with Gasteiger partial charge in [-0.3, -0.25) is 0 Å². The number of nitrogens with two attached hydrogens (primary N) is 1. The Morgan fingerprint density at radius 3 is 2.65 bits per heavy atom. The van der Waals surface area contributed by atoms with Crippen LogP contribution in [0.2, 0.25) is 0 Å². The molecule has 0 aliphatic heterocycles. The third-order valence-electron chi connectivity index (χ3n) is 2.70. The molecule has 2 aromatic rings. The van der Waals surface area contributed by atoms with E-state index in [-0.39, 0.29) is 11.3 Å². The lowest BCUT2D eigenvalue weighted by atomic mass is 10.1. The quantitative estimate of drug-likeness (QED) is 0.749. The predicted molar refractivity (Wildman–Crippen MR) is 80.0 cm³/mol. The van der Waals surface area contributed by atoms with Crippen LogP contribution >= 0.6 is 15.9 Å². The third kappa shape index (κ3) is 2.73.